The van der Waals surface area contributed by atoms with E-state index in [1.807, 2.05) is 6.07 Å². The van der Waals surface area contributed by atoms with Gasteiger partial charge in [-0.05, 0) is 66.3 Å². The molecule has 0 atom stereocenters. The minimum Gasteiger partial charge on any atom is -0.381 e. The predicted octanol–water partition coefficient (Wildman–Crippen LogP) is 3.80. The average molecular weight is 266 g/mol. The summed E-state index contributed by atoms with van der Waals surface area (Å²) in [7, 11) is 0. The lowest BCUT2D eigenvalue weighted by molar-refractivity contribution is 0.625. The Bertz CT molecular complexity index is 686. The van der Waals surface area contributed by atoms with Gasteiger partial charge in [0.2, 0.25) is 0 Å². The quantitative estimate of drug-likeness (QED) is 0.917. The molecule has 20 heavy (non-hydrogen) atoms. The lowest BCUT2D eigenvalue weighted by Gasteiger charge is -2.09. The number of benzene rings is 2. The van der Waals surface area contributed by atoms with E-state index in [1.54, 1.807) is 6.07 Å². The van der Waals surface area contributed by atoms with Gasteiger partial charge in [-0.3, -0.25) is 0 Å². The molecule has 1 aliphatic rings. The smallest absolute Gasteiger partial charge is 0.124 e. The third kappa shape index (κ3) is 2.65. The number of fused-ring (bicyclic) bond motifs is 1. The number of hydrogen-bond acceptors (Lipinski definition) is 2. The van der Waals surface area contributed by atoms with Crippen LogP contribution < -0.4 is 5.32 Å². The van der Waals surface area contributed by atoms with Gasteiger partial charge in [-0.1, -0.05) is 6.07 Å². The van der Waals surface area contributed by atoms with E-state index in [-0.39, 0.29) is 5.82 Å². The molecule has 0 heterocycles. The average Bonchev–Trinajstić information content (AvgIpc) is 2.92. The zero-order chi connectivity index (χ0) is 13.9. The molecular formula is C17H15FN2. The minimum absolute atomic E-state index is 0.357. The normalized spacial score (nSPS) is 12.8. The molecule has 0 unspecified atom stereocenters. The van der Waals surface area contributed by atoms with Gasteiger partial charge >= 0.3 is 0 Å². The molecule has 100 valence electrons. The van der Waals surface area contributed by atoms with Crippen molar-refractivity contribution < 1.29 is 4.39 Å². The number of hydrogen-bond donors (Lipinski definition) is 1. The van der Waals surface area contributed by atoms with E-state index in [4.69, 9.17) is 5.26 Å². The molecule has 2 aromatic carbocycles. The highest BCUT2D eigenvalue weighted by molar-refractivity contribution is 5.50. The molecule has 0 radical (unpaired) electrons. The van der Waals surface area contributed by atoms with E-state index in [9.17, 15) is 4.39 Å². The fourth-order valence-corrected chi connectivity index (χ4v) is 2.70. The SMILES string of the molecule is N#Cc1cc(F)cc(CNc2ccc3c(c2)CCC3)c1. The van der Waals surface area contributed by atoms with Crippen molar-refractivity contribution in [3.63, 3.8) is 0 Å². The Morgan fingerprint density at radius 3 is 2.80 bits per heavy atom. The third-order valence-corrected chi connectivity index (χ3v) is 3.68. The van der Waals surface area contributed by atoms with Crippen molar-refractivity contribution >= 4 is 5.69 Å². The molecule has 0 saturated carbocycles. The van der Waals surface area contributed by atoms with Crippen molar-refractivity contribution in [1.82, 2.24) is 0 Å². The van der Waals surface area contributed by atoms with Crippen molar-refractivity contribution in [2.45, 2.75) is 25.8 Å². The number of anilines is 1. The highest BCUT2D eigenvalue weighted by atomic mass is 19.1. The van der Waals surface area contributed by atoms with Crippen molar-refractivity contribution in [2.75, 3.05) is 5.32 Å². The summed E-state index contributed by atoms with van der Waals surface area (Å²) < 4.78 is 13.3. The molecule has 0 amide bonds. The summed E-state index contributed by atoms with van der Waals surface area (Å²) in [5.41, 5.74) is 5.03. The van der Waals surface area contributed by atoms with Gasteiger partial charge in [0.05, 0.1) is 11.6 Å². The number of nitriles is 1. The van der Waals surface area contributed by atoms with Crippen LogP contribution in [0.1, 0.15) is 28.7 Å². The third-order valence-electron chi connectivity index (χ3n) is 3.68. The first-order valence-electron chi connectivity index (χ1n) is 6.80. The molecule has 0 spiro atoms. The van der Waals surface area contributed by atoms with Crippen molar-refractivity contribution in [3.8, 4) is 6.07 Å². The number of nitrogens with zero attached hydrogens (tertiary/aromatic N) is 1. The molecule has 0 saturated heterocycles. The Morgan fingerprint density at radius 2 is 1.95 bits per heavy atom. The van der Waals surface area contributed by atoms with Crippen LogP contribution >= 0.6 is 0 Å². The van der Waals surface area contributed by atoms with Crippen LogP contribution in [-0.4, -0.2) is 0 Å². The van der Waals surface area contributed by atoms with E-state index in [2.05, 4.69) is 23.5 Å². The molecule has 3 heteroatoms. The van der Waals surface area contributed by atoms with Crippen LogP contribution in [0.15, 0.2) is 36.4 Å². The summed E-state index contributed by atoms with van der Waals surface area (Å²) in [6, 6.07) is 12.8. The molecule has 3 rings (SSSR count). The fourth-order valence-electron chi connectivity index (χ4n) is 2.70. The summed E-state index contributed by atoms with van der Waals surface area (Å²) in [4.78, 5) is 0. The van der Waals surface area contributed by atoms with Gasteiger partial charge in [0.15, 0.2) is 0 Å². The maximum Gasteiger partial charge on any atom is 0.124 e. The largest absolute Gasteiger partial charge is 0.381 e. The number of aryl methyl sites for hydroxylation is 2. The molecule has 2 aromatic rings. The maximum absolute atomic E-state index is 13.3. The molecule has 0 aliphatic heterocycles. The highest BCUT2D eigenvalue weighted by Gasteiger charge is 2.10. The Labute approximate surface area is 117 Å². The summed E-state index contributed by atoms with van der Waals surface area (Å²) in [6.07, 6.45) is 3.54. The summed E-state index contributed by atoms with van der Waals surface area (Å²) in [5, 5.41) is 12.1. The Morgan fingerprint density at radius 1 is 1.10 bits per heavy atom. The van der Waals surface area contributed by atoms with Crippen LogP contribution in [0.5, 0.6) is 0 Å². The molecule has 0 fully saturated rings. The fraction of sp³-hybridized carbons (Fsp3) is 0.235. The first-order valence-corrected chi connectivity index (χ1v) is 6.80. The van der Waals surface area contributed by atoms with Gasteiger partial charge in [0, 0.05) is 12.2 Å². The van der Waals surface area contributed by atoms with Crippen LogP contribution in [-0.2, 0) is 19.4 Å². The first kappa shape index (κ1) is 12.7. The van der Waals surface area contributed by atoms with Crippen LogP contribution in [0.25, 0.3) is 0 Å². The second kappa shape index (κ2) is 5.34. The number of halogens is 1. The molecule has 0 aromatic heterocycles. The van der Waals surface area contributed by atoms with Crippen molar-refractivity contribution in [1.29, 1.82) is 5.26 Å². The summed E-state index contributed by atoms with van der Waals surface area (Å²) >= 11 is 0. The Balaban J connectivity index is 1.73. The minimum atomic E-state index is -0.366. The van der Waals surface area contributed by atoms with E-state index >= 15 is 0 Å². The van der Waals surface area contributed by atoms with Gasteiger partial charge in [-0.15, -0.1) is 0 Å². The van der Waals surface area contributed by atoms with Gasteiger partial charge in [0.1, 0.15) is 5.82 Å². The van der Waals surface area contributed by atoms with Crippen LogP contribution in [0.2, 0.25) is 0 Å². The van der Waals surface area contributed by atoms with E-state index in [0.29, 0.717) is 12.1 Å². The molecule has 1 N–H and O–H groups in total. The number of rotatable bonds is 3. The van der Waals surface area contributed by atoms with Crippen LogP contribution in [0.4, 0.5) is 10.1 Å². The topological polar surface area (TPSA) is 35.8 Å². The van der Waals surface area contributed by atoms with Crippen LogP contribution in [0.3, 0.4) is 0 Å². The zero-order valence-corrected chi connectivity index (χ0v) is 11.1. The standard InChI is InChI=1S/C17H15FN2/c18-16-7-12(10-19)6-13(8-16)11-20-17-5-4-14-2-1-3-15(14)9-17/h4-9,20H,1-3,11H2. The van der Waals surface area contributed by atoms with E-state index < -0.39 is 0 Å². The zero-order valence-electron chi connectivity index (χ0n) is 11.1. The Hall–Kier alpha value is -2.34. The monoisotopic (exact) mass is 266 g/mol. The van der Waals surface area contributed by atoms with Gasteiger partial charge in [-0.25, -0.2) is 4.39 Å². The first-order chi connectivity index (χ1) is 9.74. The summed E-state index contributed by atoms with van der Waals surface area (Å²) in [5.74, 6) is -0.366. The van der Waals surface area contributed by atoms with Crippen molar-refractivity contribution in [2.24, 2.45) is 0 Å². The van der Waals surface area contributed by atoms with Gasteiger partial charge < -0.3 is 5.32 Å². The predicted molar refractivity (Wildman–Crippen MR) is 76.9 cm³/mol. The molecule has 0 bridgehead atoms. The van der Waals surface area contributed by atoms with Gasteiger partial charge in [0.25, 0.3) is 0 Å². The van der Waals surface area contributed by atoms with E-state index in [0.717, 1.165) is 17.7 Å². The molecule has 2 nitrogen and oxygen atoms in total. The second-order valence-electron chi connectivity index (χ2n) is 5.15. The highest BCUT2D eigenvalue weighted by Crippen LogP contribution is 2.25. The second-order valence-corrected chi connectivity index (χ2v) is 5.15. The van der Waals surface area contributed by atoms with Crippen LogP contribution in [0, 0.1) is 17.1 Å². The van der Waals surface area contributed by atoms with Gasteiger partial charge in [-0.2, -0.15) is 5.26 Å². The maximum atomic E-state index is 13.3. The number of nitrogens with one attached hydrogen (secondary N) is 1. The van der Waals surface area contributed by atoms with Crippen molar-refractivity contribution in [3.05, 3.63) is 64.5 Å². The summed E-state index contributed by atoms with van der Waals surface area (Å²) in [6.45, 7) is 0.519. The lowest BCUT2D eigenvalue weighted by atomic mass is 10.1. The van der Waals surface area contributed by atoms with E-state index in [1.165, 1.54) is 36.1 Å². The lowest BCUT2D eigenvalue weighted by Crippen LogP contribution is -2.01. The Kier molecular flexibility index (Phi) is 3.39. The molecular weight excluding hydrogens is 251 g/mol. The molecule has 1 aliphatic carbocycles.